The lowest BCUT2D eigenvalue weighted by Crippen LogP contribution is -2.50. The molecule has 2 N–H and O–H groups in total. The summed E-state index contributed by atoms with van der Waals surface area (Å²) < 4.78 is 23.0. The number of sulfonamides is 1. The number of carbonyl (C=O) groups is 3. The van der Waals surface area contributed by atoms with Crippen molar-refractivity contribution in [1.82, 2.24) is 4.90 Å². The number of benzene rings is 2. The van der Waals surface area contributed by atoms with E-state index >= 15 is 0 Å². The van der Waals surface area contributed by atoms with Crippen LogP contribution in [0.25, 0.3) is 0 Å². The molecule has 2 aliphatic rings. The van der Waals surface area contributed by atoms with E-state index in [1.165, 1.54) is 24.3 Å². The number of anilines is 1. The second-order valence-corrected chi connectivity index (χ2v) is 9.91. The molecule has 32 heavy (non-hydrogen) atoms. The molecule has 0 aromatic heterocycles. The fraction of sp³-hybridized carbons (Fsp3) is 0.348. The number of hydrogen-bond donors (Lipinski definition) is 1. The Labute approximate surface area is 187 Å². The molecule has 168 valence electrons. The smallest absolute Gasteiger partial charge is 0.257 e. The van der Waals surface area contributed by atoms with Crippen LogP contribution in [0.2, 0.25) is 0 Å². The molecule has 1 saturated heterocycles. The Bertz CT molecular complexity index is 1170. The van der Waals surface area contributed by atoms with E-state index in [9.17, 15) is 22.8 Å². The van der Waals surface area contributed by atoms with E-state index in [2.05, 4.69) is 0 Å². The highest BCUT2D eigenvalue weighted by Crippen LogP contribution is 2.33. The molecule has 2 aromatic rings. The Morgan fingerprint density at radius 3 is 2.31 bits per heavy atom. The number of nitrogens with two attached hydrogens (primary N) is 1. The molecule has 1 aliphatic heterocycles. The fourth-order valence-electron chi connectivity index (χ4n) is 4.56. The van der Waals surface area contributed by atoms with Crippen molar-refractivity contribution in [3.05, 3.63) is 59.7 Å². The number of nitrogens with zero attached hydrogens (tertiary/aromatic N) is 2. The lowest BCUT2D eigenvalue weighted by Gasteiger charge is -2.33. The summed E-state index contributed by atoms with van der Waals surface area (Å²) in [5, 5.41) is 5.13. The minimum absolute atomic E-state index is 0.102. The molecule has 2 aromatic carbocycles. The third kappa shape index (κ3) is 4.18. The van der Waals surface area contributed by atoms with E-state index in [-0.39, 0.29) is 29.0 Å². The number of primary sulfonamides is 1. The molecule has 0 radical (unpaired) electrons. The van der Waals surface area contributed by atoms with Gasteiger partial charge in [-0.15, -0.1) is 0 Å². The fourth-order valence-corrected chi connectivity index (χ4v) is 5.08. The maximum absolute atomic E-state index is 13.5. The summed E-state index contributed by atoms with van der Waals surface area (Å²) in [5.74, 6) is -1.16. The standard InChI is InChI=1S/C23H25N3O5S/c1-15-5-4-6-16(13-15)22(28)25(17-7-2-3-8-17)20-14-21(27)26(23(20)29)18-9-11-19(12-10-18)32(24,30)31/h4-6,9-13,17,20H,2-3,7-8,14H2,1H3,(H2,24,30,31). The van der Waals surface area contributed by atoms with Crippen molar-refractivity contribution in [2.75, 3.05) is 4.90 Å². The Morgan fingerprint density at radius 2 is 1.72 bits per heavy atom. The molecule has 9 heteroatoms. The first-order chi connectivity index (χ1) is 15.2. The highest BCUT2D eigenvalue weighted by Gasteiger charge is 2.47. The van der Waals surface area contributed by atoms with Crippen molar-refractivity contribution in [3.63, 3.8) is 0 Å². The lowest BCUT2D eigenvalue weighted by atomic mass is 10.0. The Morgan fingerprint density at radius 1 is 1.06 bits per heavy atom. The number of carbonyl (C=O) groups excluding carboxylic acids is 3. The SMILES string of the molecule is Cc1cccc(C(=O)N(C2CCCC2)C2CC(=O)N(c3ccc(S(N)(=O)=O)cc3)C2=O)c1. The quantitative estimate of drug-likeness (QED) is 0.695. The summed E-state index contributed by atoms with van der Waals surface area (Å²) in [7, 11) is -3.89. The Balaban J connectivity index is 1.66. The van der Waals surface area contributed by atoms with Gasteiger partial charge >= 0.3 is 0 Å². The van der Waals surface area contributed by atoms with E-state index in [4.69, 9.17) is 5.14 Å². The third-order valence-corrected chi connectivity index (χ3v) is 7.03. The van der Waals surface area contributed by atoms with E-state index in [0.717, 1.165) is 36.1 Å². The van der Waals surface area contributed by atoms with Crippen LogP contribution in [0.4, 0.5) is 5.69 Å². The van der Waals surface area contributed by atoms with Gasteiger partial charge in [-0.1, -0.05) is 30.5 Å². The van der Waals surface area contributed by atoms with Crippen LogP contribution in [0.1, 0.15) is 48.0 Å². The minimum atomic E-state index is -3.89. The zero-order valence-electron chi connectivity index (χ0n) is 17.7. The summed E-state index contributed by atoms with van der Waals surface area (Å²) in [5.41, 5.74) is 1.69. The monoisotopic (exact) mass is 455 g/mol. The number of rotatable bonds is 5. The number of imide groups is 1. The first-order valence-electron chi connectivity index (χ1n) is 10.6. The second kappa shape index (κ2) is 8.48. The summed E-state index contributed by atoms with van der Waals surface area (Å²) in [6.07, 6.45) is 3.41. The predicted octanol–water partition coefficient (Wildman–Crippen LogP) is 2.36. The Hall–Kier alpha value is -3.04. The van der Waals surface area contributed by atoms with Gasteiger partial charge in [-0.3, -0.25) is 14.4 Å². The van der Waals surface area contributed by atoms with Crippen molar-refractivity contribution in [2.45, 2.75) is 56.0 Å². The molecule has 0 bridgehead atoms. The zero-order chi connectivity index (χ0) is 23.0. The van der Waals surface area contributed by atoms with Gasteiger partial charge < -0.3 is 4.90 Å². The number of hydrogen-bond acceptors (Lipinski definition) is 5. The zero-order valence-corrected chi connectivity index (χ0v) is 18.5. The molecule has 1 aliphatic carbocycles. The van der Waals surface area contributed by atoms with Gasteiger partial charge in [0.25, 0.3) is 11.8 Å². The topological polar surface area (TPSA) is 118 Å². The normalized spacial score (nSPS) is 19.6. The van der Waals surface area contributed by atoms with Crippen molar-refractivity contribution >= 4 is 33.4 Å². The van der Waals surface area contributed by atoms with Crippen LogP contribution in [-0.4, -0.2) is 43.1 Å². The van der Waals surface area contributed by atoms with Gasteiger partial charge in [0.05, 0.1) is 17.0 Å². The van der Waals surface area contributed by atoms with E-state index in [0.29, 0.717) is 5.56 Å². The van der Waals surface area contributed by atoms with Crippen molar-refractivity contribution in [2.24, 2.45) is 5.14 Å². The predicted molar refractivity (Wildman–Crippen MR) is 118 cm³/mol. The van der Waals surface area contributed by atoms with Crippen molar-refractivity contribution in [1.29, 1.82) is 0 Å². The van der Waals surface area contributed by atoms with Gasteiger partial charge in [0, 0.05) is 11.6 Å². The van der Waals surface area contributed by atoms with Gasteiger partial charge in [0.1, 0.15) is 6.04 Å². The first-order valence-corrected chi connectivity index (χ1v) is 12.1. The number of amides is 3. The molecular weight excluding hydrogens is 430 g/mol. The largest absolute Gasteiger partial charge is 0.323 e. The average molecular weight is 456 g/mol. The maximum Gasteiger partial charge on any atom is 0.257 e. The van der Waals surface area contributed by atoms with Crippen LogP contribution in [0, 0.1) is 6.92 Å². The van der Waals surface area contributed by atoms with Gasteiger partial charge in [-0.2, -0.15) is 0 Å². The molecule has 1 atom stereocenters. The molecule has 3 amide bonds. The molecule has 1 heterocycles. The summed E-state index contributed by atoms with van der Waals surface area (Å²) in [6.45, 7) is 1.90. The molecule has 4 rings (SSSR count). The van der Waals surface area contributed by atoms with Crippen LogP contribution < -0.4 is 10.0 Å². The summed E-state index contributed by atoms with van der Waals surface area (Å²) in [4.78, 5) is 42.2. The van der Waals surface area contributed by atoms with Gasteiger partial charge in [0.15, 0.2) is 0 Å². The van der Waals surface area contributed by atoms with Gasteiger partial charge in [-0.25, -0.2) is 18.5 Å². The second-order valence-electron chi connectivity index (χ2n) is 8.35. The summed E-state index contributed by atoms with van der Waals surface area (Å²) >= 11 is 0. The molecule has 0 spiro atoms. The summed E-state index contributed by atoms with van der Waals surface area (Å²) in [6, 6.07) is 11.5. The minimum Gasteiger partial charge on any atom is -0.323 e. The highest BCUT2D eigenvalue weighted by molar-refractivity contribution is 7.89. The van der Waals surface area contributed by atoms with Gasteiger partial charge in [0.2, 0.25) is 15.9 Å². The Kier molecular flexibility index (Phi) is 5.87. The molecule has 1 unspecified atom stereocenters. The average Bonchev–Trinajstić information content (AvgIpc) is 3.36. The van der Waals surface area contributed by atoms with Crippen molar-refractivity contribution < 1.29 is 22.8 Å². The van der Waals surface area contributed by atoms with Crippen LogP contribution in [0.3, 0.4) is 0 Å². The molecular formula is C23H25N3O5S. The first kappa shape index (κ1) is 22.2. The molecule has 2 fully saturated rings. The van der Waals surface area contributed by atoms with Gasteiger partial charge in [-0.05, 0) is 56.2 Å². The van der Waals surface area contributed by atoms with Crippen LogP contribution in [0.15, 0.2) is 53.4 Å². The van der Waals surface area contributed by atoms with Crippen LogP contribution in [-0.2, 0) is 19.6 Å². The van der Waals surface area contributed by atoms with E-state index < -0.39 is 27.9 Å². The van der Waals surface area contributed by atoms with E-state index in [1.54, 1.807) is 23.1 Å². The number of aryl methyl sites for hydroxylation is 1. The van der Waals surface area contributed by atoms with Crippen LogP contribution in [0.5, 0.6) is 0 Å². The van der Waals surface area contributed by atoms with Crippen molar-refractivity contribution in [3.8, 4) is 0 Å². The lowest BCUT2D eigenvalue weighted by molar-refractivity contribution is -0.123. The maximum atomic E-state index is 13.5. The highest BCUT2D eigenvalue weighted by atomic mass is 32.2. The molecule has 8 nitrogen and oxygen atoms in total. The third-order valence-electron chi connectivity index (χ3n) is 6.10. The van der Waals surface area contributed by atoms with E-state index in [1.807, 2.05) is 13.0 Å². The molecule has 1 saturated carbocycles. The van der Waals surface area contributed by atoms with Crippen LogP contribution >= 0.6 is 0 Å².